The maximum absolute atomic E-state index is 5.96. The molecule has 0 aliphatic heterocycles. The number of benzene rings is 3. The van der Waals surface area contributed by atoms with E-state index in [0.717, 1.165) is 30.8 Å². The van der Waals surface area contributed by atoms with Crippen LogP contribution in [0.2, 0.25) is 0 Å². The largest absolute Gasteiger partial charge is 0.457 e. The zero-order chi connectivity index (χ0) is 19.1. The van der Waals surface area contributed by atoms with E-state index in [1.165, 1.54) is 16.0 Å². The van der Waals surface area contributed by atoms with Gasteiger partial charge in [-0.2, -0.15) is 0 Å². The molecule has 0 spiro atoms. The van der Waals surface area contributed by atoms with Gasteiger partial charge in [0.25, 0.3) is 0 Å². The summed E-state index contributed by atoms with van der Waals surface area (Å²) in [7, 11) is 0. The van der Waals surface area contributed by atoms with Crippen molar-refractivity contribution in [2.24, 2.45) is 0 Å². The van der Waals surface area contributed by atoms with E-state index in [-0.39, 0.29) is 5.41 Å². The summed E-state index contributed by atoms with van der Waals surface area (Å²) in [6.07, 6.45) is 5.51. The Balaban J connectivity index is 1.57. The Morgan fingerprint density at radius 3 is 2.22 bits per heavy atom. The number of aryl methyl sites for hydroxylation is 1. The van der Waals surface area contributed by atoms with Crippen LogP contribution < -0.4 is 4.74 Å². The lowest BCUT2D eigenvalue weighted by molar-refractivity contribution is 0.459. The number of rotatable bonds is 8. The third-order valence-electron chi connectivity index (χ3n) is 5.02. The van der Waals surface area contributed by atoms with Gasteiger partial charge in [0.1, 0.15) is 11.5 Å². The van der Waals surface area contributed by atoms with Crippen LogP contribution in [0.15, 0.2) is 83.8 Å². The van der Waals surface area contributed by atoms with Crippen molar-refractivity contribution in [2.45, 2.75) is 43.4 Å². The molecule has 0 saturated heterocycles. The minimum Gasteiger partial charge on any atom is -0.457 e. The average Bonchev–Trinajstić information content (AvgIpc) is 2.69. The first-order valence-electron chi connectivity index (χ1n) is 9.53. The fourth-order valence-corrected chi connectivity index (χ4v) is 3.72. The summed E-state index contributed by atoms with van der Waals surface area (Å²) >= 11 is 1.79. The number of para-hydroxylation sites is 1. The Kier molecular flexibility index (Phi) is 6.63. The second kappa shape index (κ2) is 9.14. The minimum absolute atomic E-state index is 0.190. The Morgan fingerprint density at radius 1 is 0.815 bits per heavy atom. The van der Waals surface area contributed by atoms with Crippen molar-refractivity contribution in [3.05, 3.63) is 90.0 Å². The summed E-state index contributed by atoms with van der Waals surface area (Å²) < 4.78 is 5.96. The number of hydrogen-bond donors (Lipinski definition) is 0. The molecule has 0 fully saturated rings. The summed E-state index contributed by atoms with van der Waals surface area (Å²) in [5.41, 5.74) is 2.94. The summed E-state index contributed by atoms with van der Waals surface area (Å²) in [5, 5.41) is 0. The Bertz CT molecular complexity index is 838. The summed E-state index contributed by atoms with van der Waals surface area (Å²) in [4.78, 5) is 1.32. The van der Waals surface area contributed by atoms with Crippen LogP contribution >= 0.6 is 11.8 Å². The van der Waals surface area contributed by atoms with Crippen LogP contribution in [0.5, 0.6) is 11.5 Å². The van der Waals surface area contributed by atoms with E-state index in [1.807, 2.05) is 36.4 Å². The highest BCUT2D eigenvalue weighted by Crippen LogP contribution is 2.31. The molecule has 0 bridgehead atoms. The van der Waals surface area contributed by atoms with Gasteiger partial charge in [-0.1, -0.05) is 56.3 Å². The number of thioether (sulfide) groups is 1. The van der Waals surface area contributed by atoms with E-state index in [1.54, 1.807) is 11.8 Å². The topological polar surface area (TPSA) is 9.23 Å². The number of ether oxygens (including phenoxy) is 1. The summed E-state index contributed by atoms with van der Waals surface area (Å²) in [5.74, 6) is 1.79. The molecule has 0 radical (unpaired) electrons. The lowest BCUT2D eigenvalue weighted by atomic mass is 9.80. The second-order valence-electron chi connectivity index (χ2n) is 7.53. The van der Waals surface area contributed by atoms with E-state index in [0.29, 0.717) is 0 Å². The van der Waals surface area contributed by atoms with Gasteiger partial charge in [-0.3, -0.25) is 0 Å². The molecule has 0 N–H and O–H groups in total. The molecule has 0 saturated carbocycles. The molecule has 140 valence electrons. The van der Waals surface area contributed by atoms with Gasteiger partial charge in [-0.15, -0.1) is 11.8 Å². The Hall–Kier alpha value is -2.19. The highest BCUT2D eigenvalue weighted by Gasteiger charge is 2.20. The highest BCUT2D eigenvalue weighted by atomic mass is 32.2. The van der Waals surface area contributed by atoms with E-state index in [4.69, 9.17) is 4.74 Å². The van der Waals surface area contributed by atoms with Gasteiger partial charge >= 0.3 is 0 Å². The van der Waals surface area contributed by atoms with Crippen molar-refractivity contribution >= 4 is 11.8 Å². The van der Waals surface area contributed by atoms with E-state index >= 15 is 0 Å². The molecular formula is C25H28OS. The van der Waals surface area contributed by atoms with Crippen molar-refractivity contribution < 1.29 is 4.74 Å². The minimum atomic E-state index is 0.190. The quantitative estimate of drug-likeness (QED) is 0.376. The summed E-state index contributed by atoms with van der Waals surface area (Å²) in [6, 6.07) is 27.4. The lowest BCUT2D eigenvalue weighted by Gasteiger charge is -2.25. The van der Waals surface area contributed by atoms with Gasteiger partial charge in [0.15, 0.2) is 0 Å². The average molecular weight is 377 g/mol. The van der Waals surface area contributed by atoms with Crippen LogP contribution in [0.4, 0.5) is 0 Å². The van der Waals surface area contributed by atoms with Crippen molar-refractivity contribution in [3.8, 4) is 11.5 Å². The molecule has 27 heavy (non-hydrogen) atoms. The highest BCUT2D eigenvalue weighted by molar-refractivity contribution is 7.98. The smallest absolute Gasteiger partial charge is 0.127 e. The van der Waals surface area contributed by atoms with Crippen molar-refractivity contribution in [3.63, 3.8) is 0 Å². The third kappa shape index (κ3) is 5.64. The predicted octanol–water partition coefficient (Wildman–Crippen LogP) is 7.50. The van der Waals surface area contributed by atoms with Crippen molar-refractivity contribution in [2.75, 3.05) is 6.26 Å². The van der Waals surface area contributed by atoms with E-state index < -0.39 is 0 Å². The normalized spacial score (nSPS) is 11.4. The fraction of sp³-hybridized carbons (Fsp3) is 0.280. The molecule has 0 aliphatic carbocycles. The van der Waals surface area contributed by atoms with Gasteiger partial charge < -0.3 is 4.74 Å². The molecule has 2 heteroatoms. The molecule has 0 atom stereocenters. The lowest BCUT2D eigenvalue weighted by Crippen LogP contribution is -2.17. The molecule has 1 nitrogen and oxygen atoms in total. The molecule has 0 heterocycles. The maximum Gasteiger partial charge on any atom is 0.127 e. The zero-order valence-electron chi connectivity index (χ0n) is 16.4. The molecule has 0 aromatic heterocycles. The monoisotopic (exact) mass is 376 g/mol. The molecule has 3 aromatic rings. The SMILES string of the molecule is CSc1ccc(C(C)(C)CCCc2cccc(Oc3ccccc3)c2)cc1. The van der Waals surface area contributed by atoms with Crippen molar-refractivity contribution in [1.82, 2.24) is 0 Å². The van der Waals surface area contributed by atoms with Crippen LogP contribution in [-0.4, -0.2) is 6.26 Å². The molecule has 0 unspecified atom stereocenters. The van der Waals surface area contributed by atoms with Crippen LogP contribution in [-0.2, 0) is 11.8 Å². The third-order valence-corrected chi connectivity index (χ3v) is 5.76. The Labute approximate surface area is 167 Å². The standard InChI is InChI=1S/C25H28OS/c1-25(2,21-14-16-24(27-3)17-15-21)18-8-10-20-9-7-13-23(19-20)26-22-11-5-4-6-12-22/h4-7,9,11-17,19H,8,10,18H2,1-3H3. The predicted molar refractivity (Wildman–Crippen MR) is 117 cm³/mol. The first kappa shape index (κ1) is 19.6. The van der Waals surface area contributed by atoms with Crippen LogP contribution in [0.3, 0.4) is 0 Å². The molecule has 3 aromatic carbocycles. The van der Waals surface area contributed by atoms with Crippen molar-refractivity contribution in [1.29, 1.82) is 0 Å². The first-order chi connectivity index (χ1) is 13.1. The molecule has 0 aliphatic rings. The van der Waals surface area contributed by atoms with Gasteiger partial charge in [0.2, 0.25) is 0 Å². The van der Waals surface area contributed by atoms with E-state index in [2.05, 4.69) is 62.6 Å². The van der Waals surface area contributed by atoms with Gasteiger partial charge in [0, 0.05) is 4.90 Å². The fourth-order valence-electron chi connectivity index (χ4n) is 3.31. The number of hydrogen-bond acceptors (Lipinski definition) is 2. The molecular weight excluding hydrogens is 348 g/mol. The molecule has 0 amide bonds. The molecule has 3 rings (SSSR count). The van der Waals surface area contributed by atoms with Crippen LogP contribution in [0, 0.1) is 0 Å². The second-order valence-corrected chi connectivity index (χ2v) is 8.41. The first-order valence-corrected chi connectivity index (χ1v) is 10.8. The summed E-state index contributed by atoms with van der Waals surface area (Å²) in [6.45, 7) is 4.69. The van der Waals surface area contributed by atoms with Crippen LogP contribution in [0.1, 0.15) is 37.8 Å². The maximum atomic E-state index is 5.96. The van der Waals surface area contributed by atoms with Gasteiger partial charge in [-0.05, 0) is 78.5 Å². The van der Waals surface area contributed by atoms with Gasteiger partial charge in [0.05, 0.1) is 0 Å². The van der Waals surface area contributed by atoms with E-state index in [9.17, 15) is 0 Å². The van der Waals surface area contributed by atoms with Crippen LogP contribution in [0.25, 0.3) is 0 Å². The van der Waals surface area contributed by atoms with Gasteiger partial charge in [-0.25, -0.2) is 0 Å². The zero-order valence-corrected chi connectivity index (χ0v) is 17.3. The Morgan fingerprint density at radius 2 is 1.52 bits per heavy atom.